The van der Waals surface area contributed by atoms with Crippen LogP contribution in [0, 0.1) is 23.2 Å². The van der Waals surface area contributed by atoms with Gasteiger partial charge in [-0.05, 0) is 49.1 Å². The van der Waals surface area contributed by atoms with Gasteiger partial charge in [-0.15, -0.1) is 0 Å². The second-order valence-corrected chi connectivity index (χ2v) is 8.45. The zero-order chi connectivity index (χ0) is 15.9. The molecule has 0 spiro atoms. The lowest BCUT2D eigenvalue weighted by molar-refractivity contribution is 0.0762. The van der Waals surface area contributed by atoms with Gasteiger partial charge in [0.25, 0.3) is 0 Å². The number of nitrogens with one attached hydrogen (secondary N) is 1. The number of hydrogen-bond acceptors (Lipinski definition) is 2. The first-order valence-corrected chi connectivity index (χ1v) is 9.30. The normalized spacial score (nSPS) is 27.0. The SMILES string of the molecule is CCN(CC(C)C)CC1(CNCC(C)C)CCCC(C)C1. The van der Waals surface area contributed by atoms with E-state index in [0.717, 1.165) is 24.3 Å². The molecule has 0 aliphatic heterocycles. The van der Waals surface area contributed by atoms with Crippen molar-refractivity contribution >= 4 is 0 Å². The molecule has 0 amide bonds. The zero-order valence-electron chi connectivity index (χ0n) is 15.5. The fourth-order valence-electron chi connectivity index (χ4n) is 4.05. The van der Waals surface area contributed by atoms with E-state index >= 15 is 0 Å². The molecule has 1 saturated carbocycles. The highest BCUT2D eigenvalue weighted by molar-refractivity contribution is 4.90. The summed E-state index contributed by atoms with van der Waals surface area (Å²) in [5, 5.41) is 3.77. The molecule has 1 aliphatic rings. The molecule has 21 heavy (non-hydrogen) atoms. The summed E-state index contributed by atoms with van der Waals surface area (Å²) in [4.78, 5) is 2.69. The van der Waals surface area contributed by atoms with Crippen LogP contribution in [0.1, 0.15) is 67.2 Å². The van der Waals surface area contributed by atoms with Gasteiger partial charge in [0.2, 0.25) is 0 Å². The second-order valence-electron chi connectivity index (χ2n) is 8.45. The van der Waals surface area contributed by atoms with E-state index in [-0.39, 0.29) is 0 Å². The average Bonchev–Trinajstić information content (AvgIpc) is 2.36. The van der Waals surface area contributed by atoms with Gasteiger partial charge in [0.05, 0.1) is 0 Å². The Bertz CT molecular complexity index is 275. The summed E-state index contributed by atoms with van der Waals surface area (Å²) in [6.07, 6.45) is 5.68. The Labute approximate surface area is 134 Å². The first-order chi connectivity index (χ1) is 9.87. The van der Waals surface area contributed by atoms with Crippen molar-refractivity contribution < 1.29 is 0 Å². The highest BCUT2D eigenvalue weighted by Crippen LogP contribution is 2.39. The smallest absolute Gasteiger partial charge is 0.00502 e. The van der Waals surface area contributed by atoms with E-state index in [0.29, 0.717) is 5.41 Å². The van der Waals surface area contributed by atoms with E-state index in [4.69, 9.17) is 0 Å². The maximum Gasteiger partial charge on any atom is 0.00502 e. The van der Waals surface area contributed by atoms with Gasteiger partial charge >= 0.3 is 0 Å². The van der Waals surface area contributed by atoms with Gasteiger partial charge < -0.3 is 10.2 Å². The first kappa shape index (κ1) is 19.0. The van der Waals surface area contributed by atoms with Crippen LogP contribution in [0.15, 0.2) is 0 Å². The van der Waals surface area contributed by atoms with Crippen molar-refractivity contribution in [1.82, 2.24) is 10.2 Å². The van der Waals surface area contributed by atoms with Crippen LogP contribution in [0.25, 0.3) is 0 Å². The fourth-order valence-corrected chi connectivity index (χ4v) is 4.05. The van der Waals surface area contributed by atoms with Gasteiger partial charge in [-0.3, -0.25) is 0 Å². The summed E-state index contributed by atoms with van der Waals surface area (Å²) < 4.78 is 0. The Kier molecular flexibility index (Phi) is 8.26. The van der Waals surface area contributed by atoms with Gasteiger partial charge in [0.1, 0.15) is 0 Å². The van der Waals surface area contributed by atoms with E-state index in [9.17, 15) is 0 Å². The predicted molar refractivity (Wildman–Crippen MR) is 94.7 cm³/mol. The third kappa shape index (κ3) is 7.15. The van der Waals surface area contributed by atoms with Gasteiger partial charge in [0, 0.05) is 19.6 Å². The minimum absolute atomic E-state index is 0.511. The number of rotatable bonds is 9. The maximum atomic E-state index is 3.77. The molecule has 1 aliphatic carbocycles. The van der Waals surface area contributed by atoms with E-state index in [1.807, 2.05) is 0 Å². The lowest BCUT2D eigenvalue weighted by atomic mass is 9.69. The highest BCUT2D eigenvalue weighted by Gasteiger charge is 2.36. The van der Waals surface area contributed by atoms with Gasteiger partial charge in [-0.25, -0.2) is 0 Å². The number of nitrogens with zero attached hydrogens (tertiary/aromatic N) is 1. The lowest BCUT2D eigenvalue weighted by Gasteiger charge is -2.44. The molecule has 1 rings (SSSR count). The standard InChI is InChI=1S/C19H40N2/c1-7-21(13-17(4)5)15-19(14-20-12-16(2)3)10-8-9-18(6)11-19/h16-18,20H,7-15H2,1-6H3. The van der Waals surface area contributed by atoms with Crippen LogP contribution >= 0.6 is 0 Å². The number of hydrogen-bond donors (Lipinski definition) is 1. The molecule has 0 heterocycles. The average molecular weight is 297 g/mol. The maximum absolute atomic E-state index is 3.77. The van der Waals surface area contributed by atoms with Crippen LogP contribution < -0.4 is 5.32 Å². The molecule has 2 heteroatoms. The van der Waals surface area contributed by atoms with Gasteiger partial charge in [0.15, 0.2) is 0 Å². The third-order valence-corrected chi connectivity index (χ3v) is 4.87. The molecule has 0 radical (unpaired) electrons. The zero-order valence-corrected chi connectivity index (χ0v) is 15.5. The summed E-state index contributed by atoms with van der Waals surface area (Å²) in [6.45, 7) is 20.2. The molecular weight excluding hydrogens is 256 g/mol. The molecule has 2 nitrogen and oxygen atoms in total. The second kappa shape index (κ2) is 9.15. The molecule has 0 aromatic heterocycles. The van der Waals surface area contributed by atoms with E-state index in [1.165, 1.54) is 51.9 Å². The highest BCUT2D eigenvalue weighted by atomic mass is 15.1. The lowest BCUT2D eigenvalue weighted by Crippen LogP contribution is -2.48. The molecule has 126 valence electrons. The predicted octanol–water partition coefficient (Wildman–Crippen LogP) is 4.41. The topological polar surface area (TPSA) is 15.3 Å². The Hall–Kier alpha value is -0.0800. The van der Waals surface area contributed by atoms with Crippen LogP contribution in [0.2, 0.25) is 0 Å². The summed E-state index contributed by atoms with van der Waals surface area (Å²) in [7, 11) is 0. The van der Waals surface area contributed by atoms with Crippen LogP contribution in [0.5, 0.6) is 0 Å². The molecule has 2 atom stereocenters. The van der Waals surface area contributed by atoms with Crippen molar-refractivity contribution in [2.24, 2.45) is 23.2 Å². The van der Waals surface area contributed by atoms with Crippen LogP contribution in [0.3, 0.4) is 0 Å². The summed E-state index contributed by atoms with van der Waals surface area (Å²) in [5.74, 6) is 2.42. The van der Waals surface area contributed by atoms with Crippen LogP contribution in [0.4, 0.5) is 0 Å². The van der Waals surface area contributed by atoms with Crippen molar-refractivity contribution in [3.05, 3.63) is 0 Å². The molecular formula is C19H40N2. The molecule has 0 aromatic rings. The van der Waals surface area contributed by atoms with Crippen molar-refractivity contribution in [3.63, 3.8) is 0 Å². The van der Waals surface area contributed by atoms with E-state index < -0.39 is 0 Å². The minimum Gasteiger partial charge on any atom is -0.316 e. The Morgan fingerprint density at radius 1 is 1.19 bits per heavy atom. The molecule has 2 unspecified atom stereocenters. The Morgan fingerprint density at radius 3 is 2.43 bits per heavy atom. The largest absolute Gasteiger partial charge is 0.316 e. The van der Waals surface area contributed by atoms with E-state index in [2.05, 4.69) is 51.8 Å². The van der Waals surface area contributed by atoms with Gasteiger partial charge in [-0.1, -0.05) is 54.4 Å². The van der Waals surface area contributed by atoms with Crippen molar-refractivity contribution in [2.75, 3.05) is 32.7 Å². The molecule has 1 fully saturated rings. The van der Waals surface area contributed by atoms with Gasteiger partial charge in [-0.2, -0.15) is 0 Å². The molecule has 0 saturated heterocycles. The quantitative estimate of drug-likeness (QED) is 0.678. The van der Waals surface area contributed by atoms with Crippen molar-refractivity contribution in [3.8, 4) is 0 Å². The molecule has 1 N–H and O–H groups in total. The minimum atomic E-state index is 0.511. The Morgan fingerprint density at radius 2 is 1.90 bits per heavy atom. The van der Waals surface area contributed by atoms with Crippen LogP contribution in [-0.4, -0.2) is 37.6 Å². The fraction of sp³-hybridized carbons (Fsp3) is 1.00. The third-order valence-electron chi connectivity index (χ3n) is 4.87. The van der Waals surface area contributed by atoms with Crippen molar-refractivity contribution in [1.29, 1.82) is 0 Å². The molecule has 0 bridgehead atoms. The Balaban J connectivity index is 2.66. The summed E-state index contributed by atoms with van der Waals surface area (Å²) in [5.41, 5.74) is 0.511. The summed E-state index contributed by atoms with van der Waals surface area (Å²) in [6, 6.07) is 0. The van der Waals surface area contributed by atoms with Crippen LogP contribution in [-0.2, 0) is 0 Å². The summed E-state index contributed by atoms with van der Waals surface area (Å²) >= 11 is 0. The molecule has 0 aromatic carbocycles. The van der Waals surface area contributed by atoms with Crippen molar-refractivity contribution in [2.45, 2.75) is 67.2 Å². The monoisotopic (exact) mass is 296 g/mol. The van der Waals surface area contributed by atoms with E-state index in [1.54, 1.807) is 0 Å². The first-order valence-electron chi connectivity index (χ1n) is 9.30.